The summed E-state index contributed by atoms with van der Waals surface area (Å²) >= 11 is 1.54. The minimum absolute atomic E-state index is 0.000836. The number of nitrogens with one attached hydrogen (secondary N) is 1. The van der Waals surface area contributed by atoms with Crippen molar-refractivity contribution in [3.63, 3.8) is 0 Å². The maximum atomic E-state index is 11.7. The van der Waals surface area contributed by atoms with Crippen molar-refractivity contribution in [2.75, 3.05) is 18.5 Å². The number of carbonyl (C=O) groups is 1. The predicted octanol–water partition coefficient (Wildman–Crippen LogP) is 2.13. The Balaban J connectivity index is 1.61. The van der Waals surface area contributed by atoms with Gasteiger partial charge in [0.2, 0.25) is 5.76 Å². The van der Waals surface area contributed by atoms with Crippen LogP contribution in [0.15, 0.2) is 34.3 Å². The van der Waals surface area contributed by atoms with Crippen LogP contribution in [0.2, 0.25) is 0 Å². The first-order valence-corrected chi connectivity index (χ1v) is 7.00. The fourth-order valence-corrected chi connectivity index (χ4v) is 2.16. The largest absolute Gasteiger partial charge is 0.494 e. The summed E-state index contributed by atoms with van der Waals surface area (Å²) in [4.78, 5) is 12.7. The zero-order valence-corrected chi connectivity index (χ0v) is 11.6. The SMILES string of the molecule is O=C(/C=C/c1cccs1)Nc1nnc(C2=COCCO2)o1. The van der Waals surface area contributed by atoms with Gasteiger partial charge < -0.3 is 13.9 Å². The molecule has 1 N–H and O–H groups in total. The number of anilines is 1. The van der Waals surface area contributed by atoms with Gasteiger partial charge in [0.1, 0.15) is 19.5 Å². The average Bonchev–Trinajstić information content (AvgIpc) is 3.17. The second-order valence-electron chi connectivity index (χ2n) is 3.95. The molecule has 8 heteroatoms. The third-order valence-electron chi connectivity index (χ3n) is 2.46. The molecule has 0 bridgehead atoms. The van der Waals surface area contributed by atoms with E-state index < -0.39 is 0 Å². The zero-order chi connectivity index (χ0) is 14.5. The molecule has 1 aliphatic rings. The normalized spacial score (nSPS) is 14.4. The van der Waals surface area contributed by atoms with Crippen LogP contribution in [-0.2, 0) is 14.3 Å². The van der Waals surface area contributed by atoms with Crippen molar-refractivity contribution in [1.82, 2.24) is 10.2 Å². The Morgan fingerprint density at radius 2 is 2.33 bits per heavy atom. The summed E-state index contributed by atoms with van der Waals surface area (Å²) in [6.07, 6.45) is 4.51. The highest BCUT2D eigenvalue weighted by Crippen LogP contribution is 2.19. The first kappa shape index (κ1) is 13.4. The summed E-state index contributed by atoms with van der Waals surface area (Å²) in [6.45, 7) is 0.897. The van der Waals surface area contributed by atoms with Crippen molar-refractivity contribution in [3.8, 4) is 0 Å². The molecule has 3 heterocycles. The highest BCUT2D eigenvalue weighted by Gasteiger charge is 2.16. The number of hydrogen-bond acceptors (Lipinski definition) is 7. The number of aromatic nitrogens is 2. The molecule has 0 radical (unpaired) electrons. The van der Waals surface area contributed by atoms with E-state index in [-0.39, 0.29) is 17.8 Å². The van der Waals surface area contributed by atoms with Gasteiger partial charge in [-0.25, -0.2) is 0 Å². The first-order chi connectivity index (χ1) is 10.3. The van der Waals surface area contributed by atoms with Crippen molar-refractivity contribution >= 4 is 35.1 Å². The van der Waals surface area contributed by atoms with Gasteiger partial charge in [-0.15, -0.1) is 16.4 Å². The lowest BCUT2D eigenvalue weighted by atomic mass is 10.4. The summed E-state index contributed by atoms with van der Waals surface area (Å²) in [5.74, 6) is 0.156. The average molecular weight is 305 g/mol. The van der Waals surface area contributed by atoms with Crippen LogP contribution < -0.4 is 5.32 Å². The fourth-order valence-electron chi connectivity index (χ4n) is 1.54. The molecule has 0 saturated carbocycles. The van der Waals surface area contributed by atoms with E-state index in [1.165, 1.54) is 23.7 Å². The number of nitrogens with zero attached hydrogens (tertiary/aromatic N) is 2. The second-order valence-corrected chi connectivity index (χ2v) is 4.93. The van der Waals surface area contributed by atoms with Crippen LogP contribution in [0.1, 0.15) is 10.8 Å². The van der Waals surface area contributed by atoms with Gasteiger partial charge in [0, 0.05) is 11.0 Å². The van der Waals surface area contributed by atoms with Gasteiger partial charge in [-0.3, -0.25) is 10.1 Å². The molecule has 0 fully saturated rings. The Morgan fingerprint density at radius 1 is 1.38 bits per heavy atom. The van der Waals surface area contributed by atoms with Crippen LogP contribution >= 0.6 is 11.3 Å². The number of carbonyl (C=O) groups excluding carboxylic acids is 1. The van der Waals surface area contributed by atoms with Gasteiger partial charge >= 0.3 is 6.01 Å². The summed E-state index contributed by atoms with van der Waals surface area (Å²) in [6, 6.07) is 3.82. The quantitative estimate of drug-likeness (QED) is 0.871. The van der Waals surface area contributed by atoms with Crippen LogP contribution in [0.5, 0.6) is 0 Å². The maximum Gasteiger partial charge on any atom is 0.322 e. The Hall–Kier alpha value is -2.61. The molecule has 2 aromatic heterocycles. The van der Waals surface area contributed by atoms with E-state index in [1.54, 1.807) is 6.08 Å². The summed E-state index contributed by atoms with van der Waals surface area (Å²) in [7, 11) is 0. The molecular formula is C13H11N3O4S. The summed E-state index contributed by atoms with van der Waals surface area (Å²) < 4.78 is 15.7. The molecule has 0 aliphatic carbocycles. The number of hydrogen-bond donors (Lipinski definition) is 1. The molecule has 7 nitrogen and oxygen atoms in total. The molecular weight excluding hydrogens is 294 g/mol. The minimum atomic E-state index is -0.353. The molecule has 0 aromatic carbocycles. The molecule has 0 spiro atoms. The third-order valence-corrected chi connectivity index (χ3v) is 3.29. The zero-order valence-electron chi connectivity index (χ0n) is 10.8. The fraction of sp³-hybridized carbons (Fsp3) is 0.154. The second kappa shape index (κ2) is 6.23. The number of rotatable bonds is 4. The van der Waals surface area contributed by atoms with Crippen molar-refractivity contribution in [3.05, 3.63) is 40.6 Å². The lowest BCUT2D eigenvalue weighted by Gasteiger charge is -2.11. The molecule has 0 unspecified atom stereocenters. The van der Waals surface area contributed by atoms with E-state index in [4.69, 9.17) is 13.9 Å². The Labute approximate surface area is 123 Å². The number of amides is 1. The van der Waals surface area contributed by atoms with Gasteiger partial charge in [-0.05, 0) is 17.5 Å². The van der Waals surface area contributed by atoms with E-state index in [9.17, 15) is 4.79 Å². The van der Waals surface area contributed by atoms with E-state index in [0.717, 1.165) is 4.88 Å². The lowest BCUT2D eigenvalue weighted by molar-refractivity contribution is -0.112. The Kier molecular flexibility index (Phi) is 3.97. The highest BCUT2D eigenvalue weighted by atomic mass is 32.1. The molecule has 0 atom stereocenters. The topological polar surface area (TPSA) is 86.5 Å². The van der Waals surface area contributed by atoms with Crippen LogP contribution in [-0.4, -0.2) is 29.3 Å². The van der Waals surface area contributed by atoms with E-state index in [1.807, 2.05) is 17.5 Å². The van der Waals surface area contributed by atoms with Crippen molar-refractivity contribution in [2.24, 2.45) is 0 Å². The van der Waals surface area contributed by atoms with E-state index in [0.29, 0.717) is 19.0 Å². The first-order valence-electron chi connectivity index (χ1n) is 6.12. The standard InChI is InChI=1S/C13H11N3O4S/c17-11(4-3-9-2-1-7-21-9)14-13-16-15-12(20-13)10-8-18-5-6-19-10/h1-4,7-8H,5-6H2,(H,14,16,17)/b4-3+. The van der Waals surface area contributed by atoms with E-state index >= 15 is 0 Å². The Morgan fingerprint density at radius 3 is 3.10 bits per heavy atom. The summed E-state index contributed by atoms with van der Waals surface area (Å²) in [5, 5.41) is 11.9. The van der Waals surface area contributed by atoms with Crippen molar-refractivity contribution in [1.29, 1.82) is 0 Å². The van der Waals surface area contributed by atoms with Crippen molar-refractivity contribution in [2.45, 2.75) is 0 Å². The Bertz CT molecular complexity index is 675. The highest BCUT2D eigenvalue weighted by molar-refractivity contribution is 7.10. The van der Waals surface area contributed by atoms with Crippen LogP contribution in [0.25, 0.3) is 11.8 Å². The molecule has 2 aromatic rings. The molecule has 21 heavy (non-hydrogen) atoms. The monoisotopic (exact) mass is 305 g/mol. The van der Waals surface area contributed by atoms with Crippen LogP contribution in [0, 0.1) is 0 Å². The minimum Gasteiger partial charge on any atom is -0.494 e. The molecule has 0 saturated heterocycles. The van der Waals surface area contributed by atoms with E-state index in [2.05, 4.69) is 15.5 Å². The van der Waals surface area contributed by atoms with Gasteiger partial charge in [0.05, 0.1) is 0 Å². The lowest BCUT2D eigenvalue weighted by Crippen LogP contribution is -2.08. The smallest absolute Gasteiger partial charge is 0.322 e. The maximum absolute atomic E-state index is 11.7. The number of ether oxygens (including phenoxy) is 2. The predicted molar refractivity (Wildman–Crippen MR) is 76.2 cm³/mol. The van der Waals surface area contributed by atoms with Gasteiger partial charge in [0.25, 0.3) is 11.8 Å². The molecule has 1 amide bonds. The van der Waals surface area contributed by atoms with Crippen molar-refractivity contribution < 1.29 is 18.7 Å². The number of thiophene rings is 1. The third kappa shape index (κ3) is 3.48. The molecule has 108 valence electrons. The van der Waals surface area contributed by atoms with Gasteiger partial charge in [-0.2, -0.15) is 0 Å². The summed E-state index contributed by atoms with van der Waals surface area (Å²) in [5.41, 5.74) is 0. The van der Waals surface area contributed by atoms with Crippen LogP contribution in [0.3, 0.4) is 0 Å². The molecule has 1 aliphatic heterocycles. The van der Waals surface area contributed by atoms with Crippen LogP contribution in [0.4, 0.5) is 6.01 Å². The van der Waals surface area contributed by atoms with Gasteiger partial charge in [0.15, 0.2) is 0 Å². The van der Waals surface area contributed by atoms with Gasteiger partial charge in [-0.1, -0.05) is 11.2 Å². The molecule has 3 rings (SSSR count).